The zero-order valence-electron chi connectivity index (χ0n) is 67.3. The van der Waals surface area contributed by atoms with Crippen LogP contribution < -0.4 is 18.9 Å². The molecule has 1 aliphatic carbocycles. The normalized spacial score (nSPS) is 12.6. The van der Waals surface area contributed by atoms with E-state index in [0.29, 0.717) is 27.6 Å². The van der Waals surface area contributed by atoms with Crippen molar-refractivity contribution in [3.05, 3.63) is 258 Å². The Labute approximate surface area is 654 Å². The summed E-state index contributed by atoms with van der Waals surface area (Å²) in [5, 5.41) is 58.1. The third-order valence-corrected chi connectivity index (χ3v) is 29.7. The Bertz CT molecular complexity index is 4130. The monoisotopic (exact) mass is 1540 g/mol. The molecule has 2 atom stereocenters. The van der Waals surface area contributed by atoms with Gasteiger partial charge in [-0.1, -0.05) is 18.6 Å². The van der Waals surface area contributed by atoms with Crippen molar-refractivity contribution in [1.29, 1.82) is 0 Å². The fourth-order valence-electron chi connectivity index (χ4n) is 13.8. The third-order valence-electron chi connectivity index (χ3n) is 19.9. The smallest absolute Gasteiger partial charge is 0.166 e. The summed E-state index contributed by atoms with van der Waals surface area (Å²) in [6.45, 7) is 29.2. The number of aliphatic hydroxyl groups is 4. The van der Waals surface area contributed by atoms with Crippen LogP contribution in [0.5, 0.6) is 34.5 Å². The van der Waals surface area contributed by atoms with Crippen LogP contribution in [0.4, 0.5) is 0 Å². The van der Waals surface area contributed by atoms with E-state index in [2.05, 4.69) is 191 Å². The van der Waals surface area contributed by atoms with Crippen molar-refractivity contribution in [2.45, 2.75) is 210 Å². The first-order valence-electron chi connectivity index (χ1n) is 36.3. The fraction of sp³-hybridized carbons (Fsp3) is 0.348. The molecule has 0 heterocycles. The van der Waals surface area contributed by atoms with E-state index in [0.717, 1.165) is 67.5 Å². The van der Waals surface area contributed by atoms with Crippen LogP contribution in [0.1, 0.15) is 132 Å². The molecule has 0 aliphatic heterocycles. The summed E-state index contributed by atoms with van der Waals surface area (Å²) in [7, 11) is 6.89. The van der Waals surface area contributed by atoms with E-state index in [9.17, 15) is 25.5 Å². The number of hydrogen-bond acceptors (Lipinski definition) is 10. The maximum absolute atomic E-state index is 9.88. The summed E-state index contributed by atoms with van der Waals surface area (Å²) in [6, 6.07) is 55.2. The van der Waals surface area contributed by atoms with Gasteiger partial charge in [-0.3, -0.25) is 0 Å². The van der Waals surface area contributed by atoms with E-state index >= 15 is 0 Å². The molecule has 0 amide bonds. The zero-order valence-corrected chi connectivity index (χ0v) is 71.4. The first-order valence-corrected chi connectivity index (χ1v) is 44.2. The number of rotatable bonds is 19. The molecule has 15 heteroatoms. The van der Waals surface area contributed by atoms with E-state index in [1.165, 1.54) is 137 Å². The van der Waals surface area contributed by atoms with Gasteiger partial charge in [0.15, 0.2) is 49.0 Å². The zero-order chi connectivity index (χ0) is 78.7. The van der Waals surface area contributed by atoms with Crippen LogP contribution >= 0.6 is 0 Å². The molecule has 0 aromatic heterocycles. The summed E-state index contributed by atoms with van der Waals surface area (Å²) in [5.41, 5.74) is 19.7. The highest BCUT2D eigenvalue weighted by molar-refractivity contribution is 7.98. The van der Waals surface area contributed by atoms with E-state index in [4.69, 9.17) is 24.1 Å². The quantitative estimate of drug-likeness (QED) is 0.0431. The lowest BCUT2D eigenvalue weighted by Gasteiger charge is -2.24. The van der Waals surface area contributed by atoms with Crippen molar-refractivity contribution in [3.63, 3.8) is 0 Å². The van der Waals surface area contributed by atoms with E-state index < -0.39 is 0 Å². The second-order valence-electron chi connectivity index (χ2n) is 28.0. The molecule has 10 aromatic carbocycles. The van der Waals surface area contributed by atoms with Crippen molar-refractivity contribution >= 4 is 54.5 Å². The number of phenols is 2. The first-order chi connectivity index (χ1) is 50.9. The lowest BCUT2D eigenvalue weighted by atomic mass is 10.0. The van der Waals surface area contributed by atoms with Gasteiger partial charge in [0.25, 0.3) is 0 Å². The lowest BCUT2D eigenvalue weighted by Crippen LogP contribution is -2.25. The number of benzene rings is 10. The van der Waals surface area contributed by atoms with Gasteiger partial charge in [0.1, 0.15) is 64.8 Å². The van der Waals surface area contributed by atoms with Crippen LogP contribution in [0.3, 0.4) is 0 Å². The summed E-state index contributed by atoms with van der Waals surface area (Å²) in [6.07, 6.45) is 15.5. The molecule has 2 unspecified atom stereocenters. The van der Waals surface area contributed by atoms with Crippen LogP contribution in [0.15, 0.2) is 207 Å². The third kappa shape index (κ3) is 22.4. The second kappa shape index (κ2) is 40.9. The van der Waals surface area contributed by atoms with Crippen molar-refractivity contribution in [2.75, 3.05) is 53.5 Å². The number of ether oxygens (including phenoxy) is 4. The summed E-state index contributed by atoms with van der Waals surface area (Å²) < 4.78 is 21.6. The highest BCUT2D eigenvalue weighted by Gasteiger charge is 2.38. The molecular formula is C92H117O10S5+5. The summed E-state index contributed by atoms with van der Waals surface area (Å²) >= 11 is 0. The Hall–Kier alpha value is -7.41. The molecule has 10 aromatic rings. The minimum absolute atomic E-state index is 0.00440. The Morgan fingerprint density at radius 3 is 0.832 bits per heavy atom. The second-order valence-corrected chi connectivity index (χ2v) is 38.3. The molecule has 1 saturated carbocycles. The number of phenolic OH excluding ortho intramolecular Hbond substituents is 2. The lowest BCUT2D eigenvalue weighted by molar-refractivity contribution is 0.280. The number of aliphatic hydroxyl groups excluding tert-OH is 4. The van der Waals surface area contributed by atoms with Crippen LogP contribution in [0.2, 0.25) is 0 Å². The predicted octanol–water partition coefficient (Wildman–Crippen LogP) is 20.2. The molecular weight excluding hydrogens is 1430 g/mol. The molecule has 11 rings (SSSR count). The Morgan fingerprint density at radius 1 is 0.299 bits per heavy atom. The first kappa shape index (κ1) is 86.8. The topological polar surface area (TPSA) is 158 Å². The van der Waals surface area contributed by atoms with E-state index in [1.54, 1.807) is 28.4 Å². The number of aromatic hydroxyl groups is 2. The average molecular weight is 1540 g/mol. The Balaban J connectivity index is 0.000000190. The van der Waals surface area contributed by atoms with Gasteiger partial charge in [-0.25, -0.2) is 0 Å². The van der Waals surface area contributed by atoms with Gasteiger partial charge in [0.2, 0.25) is 0 Å². The number of hydrogen-bond donors (Lipinski definition) is 6. The van der Waals surface area contributed by atoms with E-state index in [-0.39, 0.29) is 70.0 Å². The molecule has 1 aliphatic rings. The summed E-state index contributed by atoms with van der Waals surface area (Å²) in [5.74, 6) is 4.43. The number of aryl methyl sites for hydroxylation is 14. The Kier molecular flexibility index (Phi) is 33.2. The minimum atomic E-state index is -0.238. The average Bonchev–Trinajstić information content (AvgIpc) is 0.795. The Morgan fingerprint density at radius 2 is 0.561 bits per heavy atom. The predicted molar refractivity (Wildman–Crippen MR) is 454 cm³/mol. The standard InChI is InChI=1S/C24H33O2S.C21H21O3S.C19H25O2S.C17H20O2S.C11H17OS/c1-16-11-21(12-17(2)23(16)15-25)27(20-9-7-6-8-10-20)22-13-18(3)24(26-5)19(4)14-22;1-23-17-5-11-20(12-6-17)25(19-9-3-16(15-22)4-10-19)21-13-7-18(24-2)8-14-21;1-12-7-16(8-13(2)18(12)11-20)22(6)17-9-14(3)19(21-5)15(4)10-17;1-10-6-14(7-11(2)16(10)18)20(5)15-8-12(3)17(19)13(4)9-15;1-8-5-10(13(3)4)6-9(2)11(8)7-12/h11-14,20,25H,6-10,15H2,1-5H3;3-14,22H,15H2,1-2H3;7-10,20H,11H2,1-6H3;6-9H,1-5H3,(H-,18,19);5-6,12H,7H2,1-4H3/q3*+1;;+1/p+1. The molecule has 107 heavy (non-hydrogen) atoms. The van der Waals surface area contributed by atoms with Gasteiger partial charge < -0.3 is 49.6 Å². The molecule has 0 spiro atoms. The largest absolute Gasteiger partial charge is 0.507 e. The van der Waals surface area contributed by atoms with Crippen molar-refractivity contribution in [1.82, 2.24) is 0 Å². The van der Waals surface area contributed by atoms with Crippen molar-refractivity contribution < 1.29 is 49.6 Å². The fourth-order valence-corrected chi connectivity index (χ4v) is 23.1. The SMILES string of the molecule is COc1c(C)cc([S+](C)c2cc(C)c(CO)c(C)c2)cc1C.COc1c(C)cc([S+](c2cc(C)c(CO)c(C)c2)C2CCCCC2)cc1C.COc1ccc([S+](c2ccc(CO)cc2)c2ccc(OC)cc2)cc1.Cc1cc([S+](C)C)cc(C)c1CO.Cc1cc([S+](C)c2cc(C)c(O)c(C)c2)cc(C)c1O. The van der Waals surface area contributed by atoms with Gasteiger partial charge in [-0.05, 0) is 320 Å². The van der Waals surface area contributed by atoms with Crippen LogP contribution in [-0.4, -0.2) is 89.4 Å². The maximum Gasteiger partial charge on any atom is 0.166 e. The van der Waals surface area contributed by atoms with Gasteiger partial charge >= 0.3 is 0 Å². The molecule has 570 valence electrons. The van der Waals surface area contributed by atoms with Gasteiger partial charge in [-0.2, -0.15) is 0 Å². The molecule has 0 saturated heterocycles. The van der Waals surface area contributed by atoms with Crippen molar-refractivity contribution in [2.24, 2.45) is 0 Å². The highest BCUT2D eigenvalue weighted by atomic mass is 32.2. The molecule has 10 nitrogen and oxygen atoms in total. The summed E-state index contributed by atoms with van der Waals surface area (Å²) in [4.78, 5) is 12.9. The number of methoxy groups -OCH3 is 4. The molecule has 1 fully saturated rings. The molecule has 0 radical (unpaired) electrons. The van der Waals surface area contributed by atoms with Gasteiger partial charge in [0, 0.05) is 59.4 Å². The highest BCUT2D eigenvalue weighted by Crippen LogP contribution is 2.41. The van der Waals surface area contributed by atoms with Crippen LogP contribution in [-0.2, 0) is 80.9 Å². The van der Waals surface area contributed by atoms with Crippen LogP contribution in [0.25, 0.3) is 0 Å². The minimum Gasteiger partial charge on any atom is -0.507 e. The van der Waals surface area contributed by atoms with Crippen molar-refractivity contribution in [3.8, 4) is 34.5 Å². The maximum atomic E-state index is 9.88. The van der Waals surface area contributed by atoms with Gasteiger partial charge in [0.05, 0.1) is 98.4 Å². The van der Waals surface area contributed by atoms with E-state index in [1.807, 2.05) is 88.4 Å². The molecule has 6 N–H and O–H groups in total. The molecule has 0 bridgehead atoms. The van der Waals surface area contributed by atoms with Crippen LogP contribution in [0, 0.1) is 96.9 Å². The van der Waals surface area contributed by atoms with Gasteiger partial charge in [-0.15, -0.1) is 0 Å².